The van der Waals surface area contributed by atoms with Gasteiger partial charge in [0, 0.05) is 26.2 Å². The van der Waals surface area contributed by atoms with Crippen LogP contribution >= 0.6 is 0 Å². The van der Waals surface area contributed by atoms with Crippen LogP contribution in [0.3, 0.4) is 0 Å². The quantitative estimate of drug-likeness (QED) is 0.757. The average molecular weight is 326 g/mol. The lowest BCUT2D eigenvalue weighted by Gasteiger charge is -2.39. The number of hydrogen-bond donors (Lipinski definition) is 1. The van der Waals surface area contributed by atoms with Crippen molar-refractivity contribution in [2.45, 2.75) is 38.8 Å². The summed E-state index contributed by atoms with van der Waals surface area (Å²) in [5, 5.41) is 3.17. The number of carbonyl (C=O) groups excluding carboxylic acids is 2. The molecule has 8 heteroatoms. The van der Waals surface area contributed by atoms with Gasteiger partial charge in [0.25, 0.3) is 0 Å². The average Bonchev–Trinajstić information content (AvgIpc) is 2.87. The van der Waals surface area contributed by atoms with Crippen LogP contribution in [0.15, 0.2) is 4.99 Å². The first-order valence-corrected chi connectivity index (χ1v) is 7.90. The number of guanidine groups is 1. The first kappa shape index (κ1) is 17.4. The van der Waals surface area contributed by atoms with E-state index in [0.717, 1.165) is 5.96 Å². The molecule has 1 saturated heterocycles. The van der Waals surface area contributed by atoms with Crippen molar-refractivity contribution in [1.29, 1.82) is 0 Å². The third-order valence-corrected chi connectivity index (χ3v) is 3.70. The molecule has 1 atom stereocenters. The van der Waals surface area contributed by atoms with Crippen LogP contribution in [0, 0.1) is 0 Å². The van der Waals surface area contributed by atoms with Gasteiger partial charge in [-0.25, -0.2) is 4.79 Å². The minimum atomic E-state index is -0.485. The summed E-state index contributed by atoms with van der Waals surface area (Å²) in [5.74, 6) is 0.546. The van der Waals surface area contributed by atoms with Gasteiger partial charge in [0.15, 0.2) is 5.96 Å². The van der Waals surface area contributed by atoms with E-state index in [0.29, 0.717) is 39.1 Å². The summed E-state index contributed by atoms with van der Waals surface area (Å²) in [4.78, 5) is 31.6. The van der Waals surface area contributed by atoms with Gasteiger partial charge in [-0.1, -0.05) is 0 Å². The van der Waals surface area contributed by atoms with Gasteiger partial charge in [-0.15, -0.1) is 0 Å². The number of fused-ring (bicyclic) bond motifs is 1. The minimum absolute atomic E-state index is 0.164. The van der Waals surface area contributed by atoms with E-state index in [1.54, 1.807) is 4.90 Å². The molecule has 8 nitrogen and oxygen atoms in total. The second-order valence-electron chi connectivity index (χ2n) is 6.69. The van der Waals surface area contributed by atoms with E-state index in [2.05, 4.69) is 19.9 Å². The molecule has 2 aliphatic heterocycles. The third-order valence-electron chi connectivity index (χ3n) is 3.70. The Hall–Kier alpha value is -1.99. The van der Waals surface area contributed by atoms with Gasteiger partial charge in [0.2, 0.25) is 0 Å². The maximum atomic E-state index is 12.1. The maximum Gasteiger partial charge on any atom is 0.410 e. The monoisotopic (exact) mass is 326 g/mol. The Balaban J connectivity index is 1.80. The fourth-order valence-electron chi connectivity index (χ4n) is 2.60. The SMILES string of the molecule is COC(=O)CCNC1=NCC2CN(C(=O)OC(C)(C)C)CCN12. The topological polar surface area (TPSA) is 83.5 Å². The van der Waals surface area contributed by atoms with Crippen molar-refractivity contribution in [1.82, 2.24) is 15.1 Å². The van der Waals surface area contributed by atoms with Crippen LogP contribution in [-0.2, 0) is 14.3 Å². The number of rotatable bonds is 3. The standard InChI is InChI=1S/C15H26N4O4/c1-15(2,3)23-14(21)18-7-8-19-11(10-18)9-17-13(19)16-6-5-12(20)22-4/h11H,5-10H2,1-4H3,(H,16,17). The number of nitrogens with zero attached hydrogens (tertiary/aromatic N) is 3. The molecule has 2 aliphatic rings. The highest BCUT2D eigenvalue weighted by Gasteiger charge is 2.36. The summed E-state index contributed by atoms with van der Waals surface area (Å²) in [7, 11) is 1.38. The largest absolute Gasteiger partial charge is 0.469 e. The molecule has 1 unspecified atom stereocenters. The summed E-state index contributed by atoms with van der Waals surface area (Å²) < 4.78 is 10.0. The second-order valence-corrected chi connectivity index (χ2v) is 6.69. The summed E-state index contributed by atoms with van der Waals surface area (Å²) in [6, 6.07) is 0.164. The van der Waals surface area contributed by atoms with Crippen molar-refractivity contribution in [3.05, 3.63) is 0 Å². The molecule has 1 amide bonds. The lowest BCUT2D eigenvalue weighted by Crippen LogP contribution is -2.57. The van der Waals surface area contributed by atoms with Gasteiger partial charge < -0.3 is 24.6 Å². The van der Waals surface area contributed by atoms with Crippen LogP contribution < -0.4 is 5.32 Å². The van der Waals surface area contributed by atoms with E-state index in [4.69, 9.17) is 4.74 Å². The van der Waals surface area contributed by atoms with Crippen molar-refractivity contribution >= 4 is 18.0 Å². The molecule has 2 rings (SSSR count). The first-order chi connectivity index (χ1) is 10.8. The molecule has 23 heavy (non-hydrogen) atoms. The van der Waals surface area contributed by atoms with Gasteiger partial charge >= 0.3 is 12.1 Å². The van der Waals surface area contributed by atoms with E-state index in [1.165, 1.54) is 7.11 Å². The molecule has 0 bridgehead atoms. The number of amides is 1. The minimum Gasteiger partial charge on any atom is -0.469 e. The van der Waals surface area contributed by atoms with Gasteiger partial charge in [0.1, 0.15) is 5.60 Å². The Kier molecular flexibility index (Phi) is 5.33. The lowest BCUT2D eigenvalue weighted by atomic mass is 10.2. The van der Waals surface area contributed by atoms with Crippen LogP contribution in [0.2, 0.25) is 0 Å². The van der Waals surface area contributed by atoms with Crippen molar-refractivity contribution in [3.63, 3.8) is 0 Å². The van der Waals surface area contributed by atoms with Crippen LogP contribution in [0.1, 0.15) is 27.2 Å². The number of nitrogens with one attached hydrogen (secondary N) is 1. The molecular formula is C15H26N4O4. The smallest absolute Gasteiger partial charge is 0.410 e. The van der Waals surface area contributed by atoms with Crippen molar-refractivity contribution in [3.8, 4) is 0 Å². The number of esters is 1. The Bertz CT molecular complexity index is 486. The molecule has 0 aliphatic carbocycles. The number of methoxy groups -OCH3 is 1. The predicted molar refractivity (Wildman–Crippen MR) is 85.2 cm³/mol. The van der Waals surface area contributed by atoms with Gasteiger partial charge in [-0.2, -0.15) is 0 Å². The Labute approximate surface area is 136 Å². The Morgan fingerprint density at radius 3 is 2.74 bits per heavy atom. The van der Waals surface area contributed by atoms with Gasteiger partial charge in [0.05, 0.1) is 26.1 Å². The second kappa shape index (κ2) is 7.06. The van der Waals surface area contributed by atoms with E-state index in [1.807, 2.05) is 20.8 Å². The first-order valence-electron chi connectivity index (χ1n) is 7.90. The highest BCUT2D eigenvalue weighted by atomic mass is 16.6. The molecule has 0 saturated carbocycles. The third kappa shape index (κ3) is 4.74. The number of ether oxygens (including phenoxy) is 2. The van der Waals surface area contributed by atoms with Gasteiger partial charge in [-0.05, 0) is 20.8 Å². The summed E-state index contributed by atoms with van der Waals surface area (Å²) in [6.07, 6.45) is 0.0298. The summed E-state index contributed by atoms with van der Waals surface area (Å²) in [5.41, 5.74) is -0.485. The van der Waals surface area contributed by atoms with Crippen LogP contribution in [0.5, 0.6) is 0 Å². The number of hydrogen-bond acceptors (Lipinski definition) is 7. The zero-order valence-corrected chi connectivity index (χ0v) is 14.3. The fourth-order valence-corrected chi connectivity index (χ4v) is 2.60. The highest BCUT2D eigenvalue weighted by molar-refractivity contribution is 5.83. The maximum absolute atomic E-state index is 12.1. The van der Waals surface area contributed by atoms with Crippen molar-refractivity contribution < 1.29 is 19.1 Å². The Morgan fingerprint density at radius 1 is 1.35 bits per heavy atom. The van der Waals surface area contributed by atoms with Crippen molar-refractivity contribution in [2.75, 3.05) is 39.8 Å². The zero-order valence-electron chi connectivity index (χ0n) is 14.3. The van der Waals surface area contributed by atoms with E-state index in [-0.39, 0.29) is 18.1 Å². The van der Waals surface area contributed by atoms with E-state index >= 15 is 0 Å². The van der Waals surface area contributed by atoms with Crippen LogP contribution in [0.25, 0.3) is 0 Å². The summed E-state index contributed by atoms with van der Waals surface area (Å²) >= 11 is 0. The molecule has 1 N–H and O–H groups in total. The van der Waals surface area contributed by atoms with Crippen LogP contribution in [-0.4, -0.2) is 79.3 Å². The van der Waals surface area contributed by atoms with E-state index in [9.17, 15) is 9.59 Å². The molecule has 0 aromatic heterocycles. The van der Waals surface area contributed by atoms with Gasteiger partial charge in [-0.3, -0.25) is 9.79 Å². The normalized spacial score (nSPS) is 20.7. The molecule has 130 valence electrons. The molecule has 0 spiro atoms. The number of aliphatic imine (C=N–C) groups is 1. The highest BCUT2D eigenvalue weighted by Crippen LogP contribution is 2.18. The number of carbonyl (C=O) groups is 2. The molecule has 1 fully saturated rings. The molecular weight excluding hydrogens is 300 g/mol. The molecule has 0 aromatic rings. The summed E-state index contributed by atoms with van der Waals surface area (Å²) in [6.45, 7) is 8.62. The lowest BCUT2D eigenvalue weighted by molar-refractivity contribution is -0.140. The molecule has 0 aromatic carbocycles. The molecule has 0 radical (unpaired) electrons. The predicted octanol–water partition coefficient (Wildman–Crippen LogP) is 0.430. The fraction of sp³-hybridized carbons (Fsp3) is 0.800. The zero-order chi connectivity index (χ0) is 17.0. The van der Waals surface area contributed by atoms with E-state index < -0.39 is 5.60 Å². The Morgan fingerprint density at radius 2 is 2.09 bits per heavy atom. The van der Waals surface area contributed by atoms with Crippen molar-refractivity contribution in [2.24, 2.45) is 4.99 Å². The molecule has 2 heterocycles. The number of piperazine rings is 1. The van der Waals surface area contributed by atoms with Crippen LogP contribution in [0.4, 0.5) is 4.79 Å².